The molecule has 1 aromatic carbocycles. The van der Waals surface area contributed by atoms with Crippen molar-refractivity contribution in [1.82, 2.24) is 9.97 Å². The van der Waals surface area contributed by atoms with Crippen LogP contribution in [0.1, 0.15) is 12.0 Å². The Balaban J connectivity index is 1.94. The van der Waals surface area contributed by atoms with Crippen LogP contribution in [-0.4, -0.2) is 21.9 Å². The van der Waals surface area contributed by atoms with Gasteiger partial charge in [-0.1, -0.05) is 53.5 Å². The number of hydrogen-bond acceptors (Lipinski definition) is 4. The van der Waals surface area contributed by atoms with Gasteiger partial charge in [0, 0.05) is 0 Å². The molecule has 0 saturated heterocycles. The molecule has 0 fully saturated rings. The molecule has 2 aromatic rings. The molecule has 5 nitrogen and oxygen atoms in total. The predicted octanol–water partition coefficient (Wildman–Crippen LogP) is 2.68. The standard InChI is InChI=1S/C14H14Cl2N4O/c15-12-11(13(16)19-8-18-12)20-14(21)10(17)7-6-9-4-2-1-3-5-9/h1-5,8,10H,6-7,17H2,(H,20,21)/t10-/m0/s1. The van der Waals surface area contributed by atoms with Crippen molar-refractivity contribution in [2.24, 2.45) is 5.73 Å². The Morgan fingerprint density at radius 1 is 1.19 bits per heavy atom. The summed E-state index contributed by atoms with van der Waals surface area (Å²) in [5.41, 5.74) is 7.18. The van der Waals surface area contributed by atoms with Crippen LogP contribution < -0.4 is 11.1 Å². The third-order valence-corrected chi connectivity index (χ3v) is 3.50. The molecule has 0 saturated carbocycles. The van der Waals surface area contributed by atoms with Crippen molar-refractivity contribution in [1.29, 1.82) is 0 Å². The lowest BCUT2D eigenvalue weighted by molar-refractivity contribution is -0.117. The van der Waals surface area contributed by atoms with Gasteiger partial charge in [0.1, 0.15) is 12.0 Å². The van der Waals surface area contributed by atoms with E-state index in [1.807, 2.05) is 30.3 Å². The second-order valence-electron chi connectivity index (χ2n) is 4.45. The largest absolute Gasteiger partial charge is 0.320 e. The van der Waals surface area contributed by atoms with Crippen molar-refractivity contribution in [3.8, 4) is 0 Å². The van der Waals surface area contributed by atoms with Crippen LogP contribution in [0.3, 0.4) is 0 Å². The first kappa shape index (κ1) is 15.7. The van der Waals surface area contributed by atoms with Crippen LogP contribution in [0.25, 0.3) is 0 Å². The van der Waals surface area contributed by atoms with Gasteiger partial charge < -0.3 is 11.1 Å². The smallest absolute Gasteiger partial charge is 0.241 e. The van der Waals surface area contributed by atoms with E-state index in [2.05, 4.69) is 15.3 Å². The molecule has 0 aliphatic carbocycles. The lowest BCUT2D eigenvalue weighted by atomic mass is 10.1. The predicted molar refractivity (Wildman–Crippen MR) is 83.4 cm³/mol. The van der Waals surface area contributed by atoms with Crippen molar-refractivity contribution in [2.75, 3.05) is 5.32 Å². The highest BCUT2D eigenvalue weighted by molar-refractivity contribution is 6.38. The number of anilines is 1. The molecule has 21 heavy (non-hydrogen) atoms. The highest BCUT2D eigenvalue weighted by Crippen LogP contribution is 2.25. The molecular weight excluding hydrogens is 311 g/mol. The number of aryl methyl sites for hydroxylation is 1. The number of rotatable bonds is 5. The number of nitrogens with one attached hydrogen (secondary N) is 1. The van der Waals surface area contributed by atoms with Gasteiger partial charge in [-0.2, -0.15) is 0 Å². The van der Waals surface area contributed by atoms with Gasteiger partial charge in [0.05, 0.1) is 6.04 Å². The molecular formula is C14H14Cl2N4O. The maximum absolute atomic E-state index is 12.0. The van der Waals surface area contributed by atoms with Crippen molar-refractivity contribution in [3.05, 3.63) is 52.5 Å². The van der Waals surface area contributed by atoms with Crippen LogP contribution in [-0.2, 0) is 11.2 Å². The van der Waals surface area contributed by atoms with E-state index in [0.29, 0.717) is 12.8 Å². The zero-order valence-electron chi connectivity index (χ0n) is 11.1. The number of aromatic nitrogens is 2. The van der Waals surface area contributed by atoms with Crippen LogP contribution in [0.15, 0.2) is 36.7 Å². The SMILES string of the molecule is N[C@@H](CCc1ccccc1)C(=O)Nc1c(Cl)ncnc1Cl. The molecule has 1 atom stereocenters. The summed E-state index contributed by atoms with van der Waals surface area (Å²) >= 11 is 11.7. The minimum absolute atomic E-state index is 0.0820. The lowest BCUT2D eigenvalue weighted by Gasteiger charge is -2.13. The first-order chi connectivity index (χ1) is 10.1. The minimum atomic E-state index is -0.669. The second-order valence-corrected chi connectivity index (χ2v) is 5.17. The molecule has 0 unspecified atom stereocenters. The number of carbonyl (C=O) groups excluding carboxylic acids is 1. The number of benzene rings is 1. The maximum Gasteiger partial charge on any atom is 0.241 e. The molecule has 0 spiro atoms. The van der Waals surface area contributed by atoms with Gasteiger partial charge in [-0.05, 0) is 18.4 Å². The highest BCUT2D eigenvalue weighted by atomic mass is 35.5. The zero-order chi connectivity index (χ0) is 15.2. The molecule has 110 valence electrons. The molecule has 1 aromatic heterocycles. The summed E-state index contributed by atoms with van der Waals surface area (Å²) in [6.45, 7) is 0. The topological polar surface area (TPSA) is 80.9 Å². The average molecular weight is 325 g/mol. The summed E-state index contributed by atoms with van der Waals surface area (Å²) in [6, 6.07) is 9.14. The molecule has 7 heteroatoms. The number of hydrogen-bond donors (Lipinski definition) is 2. The van der Waals surface area contributed by atoms with Gasteiger partial charge in [0.2, 0.25) is 5.91 Å². The summed E-state index contributed by atoms with van der Waals surface area (Å²) in [5, 5.41) is 2.73. The Bertz CT molecular complexity index is 601. The number of nitrogens with zero attached hydrogens (tertiary/aromatic N) is 2. The summed E-state index contributed by atoms with van der Waals surface area (Å²) in [5.74, 6) is -0.371. The number of halogens is 2. The molecule has 3 N–H and O–H groups in total. The molecule has 1 amide bonds. The fraction of sp³-hybridized carbons (Fsp3) is 0.214. The summed E-state index contributed by atoms with van der Waals surface area (Å²) in [7, 11) is 0. The first-order valence-electron chi connectivity index (χ1n) is 6.34. The monoisotopic (exact) mass is 324 g/mol. The van der Waals surface area contributed by atoms with E-state index < -0.39 is 6.04 Å². The summed E-state index contributed by atoms with van der Waals surface area (Å²) < 4.78 is 0. The van der Waals surface area contributed by atoms with E-state index in [1.54, 1.807) is 0 Å². The van der Waals surface area contributed by atoms with Crippen LogP contribution >= 0.6 is 23.2 Å². The van der Waals surface area contributed by atoms with Crippen molar-refractivity contribution >= 4 is 34.8 Å². The van der Waals surface area contributed by atoms with E-state index >= 15 is 0 Å². The Labute approximate surface area is 132 Å². The fourth-order valence-corrected chi connectivity index (χ4v) is 2.17. The summed E-state index contributed by atoms with van der Waals surface area (Å²) in [6.07, 6.45) is 2.44. The van der Waals surface area contributed by atoms with Gasteiger partial charge >= 0.3 is 0 Å². The summed E-state index contributed by atoms with van der Waals surface area (Å²) in [4.78, 5) is 19.5. The third-order valence-electron chi connectivity index (χ3n) is 2.93. The number of carbonyl (C=O) groups is 1. The van der Waals surface area contributed by atoms with Gasteiger partial charge in [0.15, 0.2) is 10.3 Å². The molecule has 0 aliphatic heterocycles. The molecule has 2 rings (SSSR count). The van der Waals surface area contributed by atoms with E-state index in [-0.39, 0.29) is 21.9 Å². The van der Waals surface area contributed by atoms with Gasteiger partial charge in [0.25, 0.3) is 0 Å². The van der Waals surface area contributed by atoms with Gasteiger partial charge in [-0.3, -0.25) is 4.79 Å². The quantitative estimate of drug-likeness (QED) is 0.828. The number of nitrogens with two attached hydrogens (primary N) is 1. The van der Waals surface area contributed by atoms with Crippen molar-refractivity contribution in [3.63, 3.8) is 0 Å². The van der Waals surface area contributed by atoms with Crippen LogP contribution in [0.5, 0.6) is 0 Å². The van der Waals surface area contributed by atoms with E-state index in [1.165, 1.54) is 6.33 Å². The minimum Gasteiger partial charge on any atom is -0.320 e. The lowest BCUT2D eigenvalue weighted by Crippen LogP contribution is -2.36. The average Bonchev–Trinajstić information content (AvgIpc) is 2.49. The van der Waals surface area contributed by atoms with E-state index in [0.717, 1.165) is 5.56 Å². The highest BCUT2D eigenvalue weighted by Gasteiger charge is 2.17. The molecule has 1 heterocycles. The van der Waals surface area contributed by atoms with Gasteiger partial charge in [-0.15, -0.1) is 0 Å². The fourth-order valence-electron chi connectivity index (χ4n) is 1.76. The molecule has 0 aliphatic rings. The van der Waals surface area contributed by atoms with Crippen molar-refractivity contribution < 1.29 is 4.79 Å². The van der Waals surface area contributed by atoms with E-state index in [4.69, 9.17) is 28.9 Å². The van der Waals surface area contributed by atoms with E-state index in [9.17, 15) is 4.79 Å². The normalized spacial score (nSPS) is 12.0. The van der Waals surface area contributed by atoms with Crippen LogP contribution in [0.2, 0.25) is 10.3 Å². The van der Waals surface area contributed by atoms with Crippen LogP contribution in [0.4, 0.5) is 5.69 Å². The Morgan fingerprint density at radius 2 is 1.81 bits per heavy atom. The Hall–Kier alpha value is -1.69. The number of amides is 1. The second kappa shape index (κ2) is 7.36. The maximum atomic E-state index is 12.0. The Morgan fingerprint density at radius 3 is 2.43 bits per heavy atom. The van der Waals surface area contributed by atoms with Crippen molar-refractivity contribution in [2.45, 2.75) is 18.9 Å². The zero-order valence-corrected chi connectivity index (χ0v) is 12.6. The Kier molecular flexibility index (Phi) is 5.50. The molecule has 0 radical (unpaired) electrons. The van der Waals surface area contributed by atoms with Gasteiger partial charge in [-0.25, -0.2) is 9.97 Å². The molecule has 0 bridgehead atoms. The third kappa shape index (κ3) is 4.39. The van der Waals surface area contributed by atoms with Crippen LogP contribution in [0, 0.1) is 0 Å². The first-order valence-corrected chi connectivity index (χ1v) is 7.10.